The van der Waals surface area contributed by atoms with Crippen LogP contribution in [-0.4, -0.2) is 46.6 Å². The van der Waals surface area contributed by atoms with E-state index < -0.39 is 5.97 Å². The summed E-state index contributed by atoms with van der Waals surface area (Å²) in [4.78, 5) is 17.6. The van der Waals surface area contributed by atoms with Crippen molar-refractivity contribution in [2.24, 2.45) is 0 Å². The highest BCUT2D eigenvalue weighted by atomic mass is 79.9. The molecule has 1 rings (SSSR count). The van der Waals surface area contributed by atoms with Gasteiger partial charge in [-0.2, -0.15) is 0 Å². The van der Waals surface area contributed by atoms with Gasteiger partial charge in [0.25, 0.3) is 0 Å². The van der Waals surface area contributed by atoms with Crippen LogP contribution in [0.3, 0.4) is 0 Å². The quantitative estimate of drug-likeness (QED) is 0.805. The van der Waals surface area contributed by atoms with Crippen LogP contribution in [0.2, 0.25) is 0 Å². The van der Waals surface area contributed by atoms with E-state index in [-0.39, 0.29) is 11.6 Å². The van der Waals surface area contributed by atoms with E-state index in [0.717, 1.165) is 19.6 Å². The van der Waals surface area contributed by atoms with Gasteiger partial charge < -0.3 is 15.3 Å². The normalized spacial score (nSPS) is 12.5. The summed E-state index contributed by atoms with van der Waals surface area (Å²) in [7, 11) is 0. The second-order valence-electron chi connectivity index (χ2n) is 4.39. The Labute approximate surface area is 122 Å². The number of nitrogens with one attached hydrogen (secondary N) is 1. The molecule has 0 amide bonds. The summed E-state index contributed by atoms with van der Waals surface area (Å²) >= 11 is 3.23. The Kier molecular flexibility index (Phi) is 6.24. The van der Waals surface area contributed by atoms with Crippen molar-refractivity contribution in [3.05, 3.63) is 22.3 Å². The van der Waals surface area contributed by atoms with Gasteiger partial charge >= 0.3 is 5.97 Å². The number of pyridine rings is 1. The van der Waals surface area contributed by atoms with Crippen molar-refractivity contribution in [2.45, 2.75) is 26.8 Å². The number of halogens is 1. The third-order valence-corrected chi connectivity index (χ3v) is 3.33. The van der Waals surface area contributed by atoms with Crippen LogP contribution in [0.4, 0.5) is 5.82 Å². The molecule has 0 saturated heterocycles. The lowest BCUT2D eigenvalue weighted by atomic mass is 10.2. The molecule has 0 fully saturated rings. The summed E-state index contributed by atoms with van der Waals surface area (Å²) in [6.45, 7) is 9.04. The number of aromatic nitrogens is 1. The first-order valence-electron chi connectivity index (χ1n) is 6.35. The Morgan fingerprint density at radius 2 is 2.16 bits per heavy atom. The predicted octanol–water partition coefficient (Wildman–Crippen LogP) is 2.68. The van der Waals surface area contributed by atoms with Crippen molar-refractivity contribution in [1.82, 2.24) is 9.88 Å². The fourth-order valence-electron chi connectivity index (χ4n) is 1.87. The zero-order valence-electron chi connectivity index (χ0n) is 11.5. The van der Waals surface area contributed by atoms with Gasteiger partial charge in [0.1, 0.15) is 11.4 Å². The fourth-order valence-corrected chi connectivity index (χ4v) is 2.20. The van der Waals surface area contributed by atoms with Gasteiger partial charge in [-0.1, -0.05) is 13.8 Å². The van der Waals surface area contributed by atoms with E-state index >= 15 is 0 Å². The summed E-state index contributed by atoms with van der Waals surface area (Å²) in [6.07, 6.45) is 1.60. The molecule has 0 radical (unpaired) electrons. The highest BCUT2D eigenvalue weighted by Gasteiger charge is 2.15. The molecular weight excluding hydrogens is 310 g/mol. The SMILES string of the molecule is CCN(CC)CC(C)Nc1ncc(Br)cc1C(=O)O. The van der Waals surface area contributed by atoms with E-state index in [0.29, 0.717) is 10.3 Å². The lowest BCUT2D eigenvalue weighted by Crippen LogP contribution is -2.35. The van der Waals surface area contributed by atoms with Crippen LogP contribution in [0.15, 0.2) is 16.7 Å². The van der Waals surface area contributed by atoms with Crippen LogP contribution in [0.5, 0.6) is 0 Å². The Bertz CT molecular complexity index is 436. The second-order valence-corrected chi connectivity index (χ2v) is 5.30. The Morgan fingerprint density at radius 1 is 1.53 bits per heavy atom. The molecule has 1 heterocycles. The molecule has 0 spiro atoms. The van der Waals surface area contributed by atoms with Crippen molar-refractivity contribution in [3.63, 3.8) is 0 Å². The molecule has 5 nitrogen and oxygen atoms in total. The Morgan fingerprint density at radius 3 is 2.68 bits per heavy atom. The van der Waals surface area contributed by atoms with E-state index in [2.05, 4.69) is 45.0 Å². The maximum atomic E-state index is 11.2. The maximum Gasteiger partial charge on any atom is 0.339 e. The topological polar surface area (TPSA) is 65.5 Å². The molecule has 0 bridgehead atoms. The van der Waals surface area contributed by atoms with Crippen LogP contribution < -0.4 is 5.32 Å². The van der Waals surface area contributed by atoms with E-state index in [9.17, 15) is 4.79 Å². The fraction of sp³-hybridized carbons (Fsp3) is 0.538. The molecule has 106 valence electrons. The van der Waals surface area contributed by atoms with Gasteiger partial charge in [0.05, 0.1) is 0 Å². The minimum atomic E-state index is -0.980. The lowest BCUT2D eigenvalue weighted by Gasteiger charge is -2.24. The summed E-state index contributed by atoms with van der Waals surface area (Å²) in [5.41, 5.74) is 0.181. The molecule has 0 aliphatic heterocycles. The number of nitrogens with zero attached hydrogens (tertiary/aromatic N) is 2. The molecule has 2 N–H and O–H groups in total. The monoisotopic (exact) mass is 329 g/mol. The third-order valence-electron chi connectivity index (χ3n) is 2.89. The largest absolute Gasteiger partial charge is 0.478 e. The molecule has 6 heteroatoms. The van der Waals surface area contributed by atoms with Gasteiger partial charge in [0.15, 0.2) is 0 Å². The first-order chi connectivity index (χ1) is 8.97. The minimum absolute atomic E-state index is 0.131. The second kappa shape index (κ2) is 7.45. The number of aromatic carboxylic acids is 1. The summed E-state index contributed by atoms with van der Waals surface area (Å²) in [5, 5.41) is 12.3. The van der Waals surface area contributed by atoms with Crippen molar-refractivity contribution >= 4 is 27.7 Å². The minimum Gasteiger partial charge on any atom is -0.478 e. The number of hydrogen-bond acceptors (Lipinski definition) is 4. The molecule has 0 aromatic carbocycles. The lowest BCUT2D eigenvalue weighted by molar-refractivity contribution is 0.0697. The van der Waals surface area contributed by atoms with Crippen molar-refractivity contribution in [3.8, 4) is 0 Å². The van der Waals surface area contributed by atoms with Gasteiger partial charge in [-0.25, -0.2) is 9.78 Å². The predicted molar refractivity (Wildman–Crippen MR) is 79.8 cm³/mol. The third kappa shape index (κ3) is 4.80. The molecule has 0 saturated carbocycles. The zero-order chi connectivity index (χ0) is 14.4. The van der Waals surface area contributed by atoms with Crippen LogP contribution in [0.1, 0.15) is 31.1 Å². The number of carbonyl (C=O) groups is 1. The van der Waals surface area contributed by atoms with Crippen LogP contribution in [-0.2, 0) is 0 Å². The highest BCUT2D eigenvalue weighted by Crippen LogP contribution is 2.18. The number of anilines is 1. The van der Waals surface area contributed by atoms with E-state index in [4.69, 9.17) is 5.11 Å². The van der Waals surface area contributed by atoms with Crippen molar-refractivity contribution in [2.75, 3.05) is 25.0 Å². The molecule has 19 heavy (non-hydrogen) atoms. The molecule has 0 aliphatic rings. The van der Waals surface area contributed by atoms with Crippen molar-refractivity contribution < 1.29 is 9.90 Å². The first kappa shape index (κ1) is 15.9. The molecule has 1 atom stereocenters. The molecular formula is C13H20BrN3O2. The number of rotatable bonds is 7. The van der Waals surface area contributed by atoms with Crippen LogP contribution in [0, 0.1) is 0 Å². The number of carboxylic acid groups (broad SMARTS) is 1. The van der Waals surface area contributed by atoms with E-state index in [1.54, 1.807) is 12.3 Å². The number of likely N-dealkylation sites (N-methyl/N-ethyl adjacent to an activating group) is 1. The van der Waals surface area contributed by atoms with Gasteiger partial charge in [0.2, 0.25) is 0 Å². The summed E-state index contributed by atoms with van der Waals surface area (Å²) in [5.74, 6) is -0.568. The Hall–Kier alpha value is -1.14. The average molecular weight is 330 g/mol. The summed E-state index contributed by atoms with van der Waals surface area (Å²) in [6, 6.07) is 1.69. The van der Waals surface area contributed by atoms with Gasteiger partial charge in [-0.3, -0.25) is 0 Å². The smallest absolute Gasteiger partial charge is 0.339 e. The van der Waals surface area contributed by atoms with E-state index in [1.165, 1.54) is 0 Å². The van der Waals surface area contributed by atoms with Gasteiger partial charge in [-0.05, 0) is 42.0 Å². The van der Waals surface area contributed by atoms with E-state index in [1.807, 2.05) is 6.92 Å². The summed E-state index contributed by atoms with van der Waals surface area (Å²) < 4.78 is 0.659. The number of hydrogen-bond donors (Lipinski definition) is 2. The molecule has 1 unspecified atom stereocenters. The Balaban J connectivity index is 2.78. The van der Waals surface area contributed by atoms with Crippen molar-refractivity contribution in [1.29, 1.82) is 0 Å². The molecule has 1 aromatic heterocycles. The standard InChI is InChI=1S/C13H20BrN3O2/c1-4-17(5-2)8-9(3)16-12-11(13(18)19)6-10(14)7-15-12/h6-7,9H,4-5,8H2,1-3H3,(H,15,16)(H,18,19). The van der Waals surface area contributed by atoms with Gasteiger partial charge in [-0.15, -0.1) is 0 Å². The van der Waals surface area contributed by atoms with Gasteiger partial charge in [0, 0.05) is 23.3 Å². The maximum absolute atomic E-state index is 11.2. The number of carboxylic acids is 1. The first-order valence-corrected chi connectivity index (χ1v) is 7.14. The molecule has 1 aromatic rings. The highest BCUT2D eigenvalue weighted by molar-refractivity contribution is 9.10. The zero-order valence-corrected chi connectivity index (χ0v) is 13.1. The van der Waals surface area contributed by atoms with Crippen LogP contribution in [0.25, 0.3) is 0 Å². The average Bonchev–Trinajstić information content (AvgIpc) is 2.37. The molecule has 0 aliphatic carbocycles. The van der Waals surface area contributed by atoms with Crippen LogP contribution >= 0.6 is 15.9 Å².